The highest BCUT2D eigenvalue weighted by Crippen LogP contribution is 2.33. The molecule has 0 N–H and O–H groups in total. The molecule has 4 rings (SSSR count). The lowest BCUT2D eigenvalue weighted by Gasteiger charge is -2.34. The third kappa shape index (κ3) is 4.38. The molecule has 2 heterocycles. The van der Waals surface area contributed by atoms with Gasteiger partial charge in [0.05, 0.1) is 11.0 Å². The maximum Gasteiger partial charge on any atom is 0.449 e. The number of hydrogen-bond donors (Lipinski definition) is 0. The molecule has 3 aromatic rings. The van der Waals surface area contributed by atoms with Crippen LogP contribution in [0.15, 0.2) is 48.5 Å². The van der Waals surface area contributed by atoms with E-state index in [9.17, 15) is 18.0 Å². The second-order valence-corrected chi connectivity index (χ2v) is 8.21. The van der Waals surface area contributed by atoms with Gasteiger partial charge in [0.25, 0.3) is 5.91 Å². The highest BCUT2D eigenvalue weighted by molar-refractivity contribution is 5.94. The number of anilines is 1. The van der Waals surface area contributed by atoms with E-state index < -0.39 is 12.0 Å². The molecule has 1 aliphatic rings. The SMILES string of the molecule is CN(C)C(=O)c1ccc(N2CCC(Cn3c(C(F)(F)F)nc4ccccc43)CC2)cc1. The lowest BCUT2D eigenvalue weighted by Crippen LogP contribution is -2.35. The number of imidazole rings is 1. The van der Waals surface area contributed by atoms with Gasteiger partial charge in [-0.05, 0) is 55.2 Å². The van der Waals surface area contributed by atoms with E-state index >= 15 is 0 Å². The van der Waals surface area contributed by atoms with Crippen LogP contribution in [-0.4, -0.2) is 47.5 Å². The smallest absolute Gasteiger partial charge is 0.372 e. The van der Waals surface area contributed by atoms with Gasteiger partial charge in [0.2, 0.25) is 5.82 Å². The average Bonchev–Trinajstić information content (AvgIpc) is 3.13. The van der Waals surface area contributed by atoms with Gasteiger partial charge in [-0.25, -0.2) is 4.98 Å². The van der Waals surface area contributed by atoms with Crippen molar-refractivity contribution in [1.82, 2.24) is 14.5 Å². The number of fused-ring (bicyclic) bond motifs is 1. The quantitative estimate of drug-likeness (QED) is 0.604. The summed E-state index contributed by atoms with van der Waals surface area (Å²) >= 11 is 0. The van der Waals surface area contributed by atoms with Gasteiger partial charge >= 0.3 is 6.18 Å². The van der Waals surface area contributed by atoms with E-state index in [1.165, 1.54) is 9.47 Å². The first-order chi connectivity index (χ1) is 14.7. The van der Waals surface area contributed by atoms with Crippen LogP contribution in [0.2, 0.25) is 0 Å². The molecule has 0 radical (unpaired) electrons. The Morgan fingerprint density at radius 1 is 1.06 bits per heavy atom. The summed E-state index contributed by atoms with van der Waals surface area (Å²) in [6.07, 6.45) is -2.89. The minimum Gasteiger partial charge on any atom is -0.372 e. The summed E-state index contributed by atoms with van der Waals surface area (Å²) in [7, 11) is 3.43. The van der Waals surface area contributed by atoms with Gasteiger partial charge in [-0.1, -0.05) is 12.1 Å². The second-order valence-electron chi connectivity index (χ2n) is 8.21. The molecule has 0 bridgehead atoms. The van der Waals surface area contributed by atoms with E-state index in [1.807, 2.05) is 24.3 Å². The Bertz CT molecular complexity index is 1060. The number of para-hydroxylation sites is 2. The zero-order chi connectivity index (χ0) is 22.2. The van der Waals surface area contributed by atoms with Crippen molar-refractivity contribution in [2.45, 2.75) is 25.6 Å². The Labute approximate surface area is 179 Å². The van der Waals surface area contributed by atoms with E-state index in [0.717, 1.165) is 31.6 Å². The fourth-order valence-electron chi connectivity index (χ4n) is 4.18. The number of amides is 1. The molecule has 2 aromatic carbocycles. The Balaban J connectivity index is 1.45. The Kier molecular flexibility index (Phi) is 5.64. The zero-order valence-corrected chi connectivity index (χ0v) is 17.6. The molecule has 0 spiro atoms. The van der Waals surface area contributed by atoms with Crippen molar-refractivity contribution in [3.8, 4) is 0 Å². The molecular formula is C23H25F3N4O. The summed E-state index contributed by atoms with van der Waals surface area (Å²) in [4.78, 5) is 19.6. The molecule has 0 saturated carbocycles. The van der Waals surface area contributed by atoms with Crippen LogP contribution >= 0.6 is 0 Å². The number of alkyl halides is 3. The lowest BCUT2D eigenvalue weighted by molar-refractivity contribution is -0.147. The summed E-state index contributed by atoms with van der Waals surface area (Å²) in [6, 6.07) is 14.3. The first-order valence-electron chi connectivity index (χ1n) is 10.3. The van der Waals surface area contributed by atoms with Gasteiger partial charge in [0, 0.05) is 45.0 Å². The number of halogens is 3. The first-order valence-corrected chi connectivity index (χ1v) is 10.3. The number of aromatic nitrogens is 2. The van der Waals surface area contributed by atoms with Gasteiger partial charge in [0.15, 0.2) is 0 Å². The molecular weight excluding hydrogens is 405 g/mol. The standard InChI is InChI=1S/C23H25F3N4O/c1-28(2)21(31)17-7-9-18(10-8-17)29-13-11-16(12-14-29)15-30-20-6-4-3-5-19(20)27-22(30)23(24,25)26/h3-10,16H,11-15H2,1-2H3. The first kappa shape index (κ1) is 21.2. The molecule has 8 heteroatoms. The number of piperidine rings is 1. The van der Waals surface area contributed by atoms with Crippen molar-refractivity contribution in [3.05, 3.63) is 59.9 Å². The van der Waals surface area contributed by atoms with Gasteiger partial charge < -0.3 is 14.4 Å². The summed E-state index contributed by atoms with van der Waals surface area (Å²) in [5.74, 6) is -0.722. The van der Waals surface area contributed by atoms with E-state index in [2.05, 4.69) is 9.88 Å². The Morgan fingerprint density at radius 2 is 1.71 bits per heavy atom. The summed E-state index contributed by atoms with van der Waals surface area (Å²) in [5, 5.41) is 0. The molecule has 0 aliphatic carbocycles. The third-order valence-electron chi connectivity index (χ3n) is 5.85. The second kappa shape index (κ2) is 8.24. The van der Waals surface area contributed by atoms with Crippen molar-refractivity contribution in [2.75, 3.05) is 32.1 Å². The van der Waals surface area contributed by atoms with Crippen LogP contribution in [0.3, 0.4) is 0 Å². The Hall–Kier alpha value is -3.03. The summed E-state index contributed by atoms with van der Waals surface area (Å²) in [5.41, 5.74) is 2.56. The van der Waals surface area contributed by atoms with Crippen LogP contribution in [0.1, 0.15) is 29.0 Å². The number of hydrogen-bond acceptors (Lipinski definition) is 3. The van der Waals surface area contributed by atoms with Gasteiger partial charge in [0.1, 0.15) is 0 Å². The zero-order valence-electron chi connectivity index (χ0n) is 17.6. The van der Waals surface area contributed by atoms with Crippen LogP contribution in [0.25, 0.3) is 11.0 Å². The van der Waals surface area contributed by atoms with E-state index in [-0.39, 0.29) is 11.8 Å². The maximum atomic E-state index is 13.5. The van der Waals surface area contributed by atoms with Crippen molar-refractivity contribution in [1.29, 1.82) is 0 Å². The van der Waals surface area contributed by atoms with E-state index in [1.54, 1.807) is 38.4 Å². The maximum absolute atomic E-state index is 13.5. The Morgan fingerprint density at radius 3 is 2.32 bits per heavy atom. The highest BCUT2D eigenvalue weighted by Gasteiger charge is 2.38. The molecule has 0 atom stereocenters. The van der Waals surface area contributed by atoms with E-state index in [0.29, 0.717) is 23.1 Å². The number of rotatable bonds is 4. The summed E-state index contributed by atoms with van der Waals surface area (Å²) in [6.45, 7) is 1.83. The van der Waals surface area contributed by atoms with Crippen molar-refractivity contribution in [2.24, 2.45) is 5.92 Å². The number of nitrogens with zero attached hydrogens (tertiary/aromatic N) is 4. The molecule has 1 amide bonds. The molecule has 1 aromatic heterocycles. The molecule has 5 nitrogen and oxygen atoms in total. The number of carbonyl (C=O) groups excluding carboxylic acids is 1. The minimum atomic E-state index is -4.48. The predicted molar refractivity (Wildman–Crippen MR) is 114 cm³/mol. The lowest BCUT2D eigenvalue weighted by atomic mass is 9.96. The number of benzene rings is 2. The topological polar surface area (TPSA) is 41.4 Å². The predicted octanol–water partition coefficient (Wildman–Crippen LogP) is 4.67. The van der Waals surface area contributed by atoms with Crippen molar-refractivity contribution >= 4 is 22.6 Å². The van der Waals surface area contributed by atoms with Gasteiger partial charge in [-0.15, -0.1) is 0 Å². The molecule has 1 fully saturated rings. The van der Waals surface area contributed by atoms with Crippen LogP contribution in [-0.2, 0) is 12.7 Å². The van der Waals surface area contributed by atoms with Crippen molar-refractivity contribution < 1.29 is 18.0 Å². The minimum absolute atomic E-state index is 0.0433. The normalized spacial score (nSPS) is 15.5. The fourth-order valence-corrected chi connectivity index (χ4v) is 4.18. The third-order valence-corrected chi connectivity index (χ3v) is 5.85. The van der Waals surface area contributed by atoms with Gasteiger partial charge in [-0.3, -0.25) is 4.79 Å². The molecule has 1 saturated heterocycles. The fraction of sp³-hybridized carbons (Fsp3) is 0.391. The van der Waals surface area contributed by atoms with Crippen LogP contribution in [0, 0.1) is 5.92 Å². The van der Waals surface area contributed by atoms with Crippen LogP contribution in [0.4, 0.5) is 18.9 Å². The van der Waals surface area contributed by atoms with Crippen molar-refractivity contribution in [3.63, 3.8) is 0 Å². The molecule has 31 heavy (non-hydrogen) atoms. The van der Waals surface area contributed by atoms with Gasteiger partial charge in [-0.2, -0.15) is 13.2 Å². The van der Waals surface area contributed by atoms with Crippen LogP contribution in [0.5, 0.6) is 0 Å². The van der Waals surface area contributed by atoms with Crippen LogP contribution < -0.4 is 4.90 Å². The molecule has 0 unspecified atom stereocenters. The average molecular weight is 430 g/mol. The monoisotopic (exact) mass is 430 g/mol. The summed E-state index contributed by atoms with van der Waals surface area (Å²) < 4.78 is 42.0. The molecule has 1 aliphatic heterocycles. The molecule has 164 valence electrons. The number of carbonyl (C=O) groups is 1. The van der Waals surface area contributed by atoms with E-state index in [4.69, 9.17) is 0 Å². The highest BCUT2D eigenvalue weighted by atomic mass is 19.4. The largest absolute Gasteiger partial charge is 0.449 e.